The van der Waals surface area contributed by atoms with Gasteiger partial charge in [0.2, 0.25) is 5.91 Å². The molecule has 3 rings (SSSR count). The van der Waals surface area contributed by atoms with Crippen LogP contribution in [0.4, 0.5) is 11.4 Å². The highest BCUT2D eigenvalue weighted by Gasteiger charge is 2.24. The van der Waals surface area contributed by atoms with Crippen molar-refractivity contribution < 1.29 is 13.2 Å². The van der Waals surface area contributed by atoms with Crippen LogP contribution in [0.1, 0.15) is 29.5 Å². The van der Waals surface area contributed by atoms with Crippen molar-refractivity contribution in [3.63, 3.8) is 0 Å². The van der Waals surface area contributed by atoms with E-state index in [0.717, 1.165) is 28.8 Å². The molecule has 2 aromatic rings. The van der Waals surface area contributed by atoms with E-state index in [9.17, 15) is 13.2 Å². The van der Waals surface area contributed by atoms with Gasteiger partial charge in [0, 0.05) is 24.3 Å². The third-order valence-electron chi connectivity index (χ3n) is 4.60. The molecule has 0 aliphatic carbocycles. The minimum Gasteiger partial charge on any atom is -0.312 e. The Balaban J connectivity index is 1.88. The second-order valence-electron chi connectivity index (χ2n) is 6.50. The van der Waals surface area contributed by atoms with Gasteiger partial charge in [0.25, 0.3) is 10.0 Å². The number of anilines is 2. The number of hydrogen-bond acceptors (Lipinski definition) is 3. The molecular weight excluding hydrogens is 336 g/mol. The van der Waals surface area contributed by atoms with Crippen LogP contribution in [0, 0.1) is 20.8 Å². The zero-order chi connectivity index (χ0) is 18.2. The summed E-state index contributed by atoms with van der Waals surface area (Å²) < 4.78 is 27.9. The molecule has 132 valence electrons. The number of benzene rings is 2. The molecule has 1 amide bonds. The Hall–Kier alpha value is -2.34. The van der Waals surface area contributed by atoms with Crippen LogP contribution in [0.5, 0.6) is 0 Å². The van der Waals surface area contributed by atoms with Gasteiger partial charge in [0.1, 0.15) is 0 Å². The van der Waals surface area contributed by atoms with Gasteiger partial charge < -0.3 is 4.90 Å². The molecule has 0 saturated carbocycles. The molecule has 0 atom stereocenters. The first-order valence-corrected chi connectivity index (χ1v) is 9.77. The number of carbonyl (C=O) groups excluding carboxylic acids is 1. The van der Waals surface area contributed by atoms with Gasteiger partial charge in [-0.05, 0) is 74.2 Å². The van der Waals surface area contributed by atoms with Gasteiger partial charge in [0.05, 0.1) is 4.90 Å². The first kappa shape index (κ1) is 17.5. The molecule has 0 spiro atoms. The Morgan fingerprint density at radius 3 is 2.32 bits per heavy atom. The fraction of sp³-hybridized carbons (Fsp3) is 0.316. The lowest BCUT2D eigenvalue weighted by Gasteiger charge is -2.19. The molecule has 1 saturated heterocycles. The summed E-state index contributed by atoms with van der Waals surface area (Å²) in [7, 11) is -3.67. The van der Waals surface area contributed by atoms with Gasteiger partial charge in [0.15, 0.2) is 0 Å². The molecule has 0 bridgehead atoms. The second-order valence-corrected chi connectivity index (χ2v) is 8.18. The van der Waals surface area contributed by atoms with Crippen LogP contribution < -0.4 is 9.62 Å². The summed E-state index contributed by atoms with van der Waals surface area (Å²) in [6.07, 6.45) is 1.39. The number of aryl methyl sites for hydroxylation is 3. The van der Waals surface area contributed by atoms with Crippen molar-refractivity contribution in [2.75, 3.05) is 16.2 Å². The van der Waals surface area contributed by atoms with Gasteiger partial charge in [-0.2, -0.15) is 0 Å². The van der Waals surface area contributed by atoms with E-state index in [4.69, 9.17) is 0 Å². The number of nitrogens with zero attached hydrogens (tertiary/aromatic N) is 1. The van der Waals surface area contributed by atoms with Gasteiger partial charge in [-0.15, -0.1) is 0 Å². The molecule has 1 N–H and O–H groups in total. The Kier molecular flexibility index (Phi) is 4.56. The Morgan fingerprint density at radius 1 is 0.960 bits per heavy atom. The van der Waals surface area contributed by atoms with Crippen molar-refractivity contribution in [1.82, 2.24) is 0 Å². The quantitative estimate of drug-likeness (QED) is 0.909. The van der Waals surface area contributed by atoms with Crippen molar-refractivity contribution in [3.8, 4) is 0 Å². The van der Waals surface area contributed by atoms with Crippen molar-refractivity contribution in [1.29, 1.82) is 0 Å². The molecule has 1 aliphatic heterocycles. The first-order valence-electron chi connectivity index (χ1n) is 8.29. The highest BCUT2D eigenvalue weighted by Crippen LogP contribution is 2.28. The third-order valence-corrected chi connectivity index (χ3v) is 5.98. The van der Waals surface area contributed by atoms with E-state index >= 15 is 0 Å². The summed E-state index contributed by atoms with van der Waals surface area (Å²) in [6.45, 7) is 6.44. The average Bonchev–Trinajstić information content (AvgIpc) is 2.96. The number of rotatable bonds is 4. The summed E-state index contributed by atoms with van der Waals surface area (Å²) >= 11 is 0. The first-order chi connectivity index (χ1) is 11.8. The number of nitrogens with one attached hydrogen (secondary N) is 1. The van der Waals surface area contributed by atoms with Crippen LogP contribution in [0.3, 0.4) is 0 Å². The summed E-state index contributed by atoms with van der Waals surface area (Å²) in [5, 5.41) is 0. The molecule has 0 radical (unpaired) electrons. The fourth-order valence-corrected chi connectivity index (χ4v) is 4.15. The molecule has 5 nitrogen and oxygen atoms in total. The van der Waals surface area contributed by atoms with Crippen LogP contribution >= 0.6 is 0 Å². The normalized spacial score (nSPS) is 14.8. The molecule has 1 fully saturated rings. The van der Waals surface area contributed by atoms with Crippen LogP contribution in [0.15, 0.2) is 41.3 Å². The van der Waals surface area contributed by atoms with E-state index in [1.807, 2.05) is 32.9 Å². The standard InChI is InChI=1S/C19H22N2O3S/c1-13-6-7-16(11-14(13)2)20-25(23,24)17-8-9-18(15(3)12-17)21-10-4-5-19(21)22/h6-9,11-12,20H,4-5,10H2,1-3H3. The number of sulfonamides is 1. The predicted molar refractivity (Wildman–Crippen MR) is 99.5 cm³/mol. The summed E-state index contributed by atoms with van der Waals surface area (Å²) in [5.41, 5.74) is 4.24. The lowest BCUT2D eigenvalue weighted by atomic mass is 10.1. The summed E-state index contributed by atoms with van der Waals surface area (Å²) in [4.78, 5) is 13.8. The van der Waals surface area contributed by atoms with Crippen LogP contribution in [-0.4, -0.2) is 20.9 Å². The largest absolute Gasteiger partial charge is 0.312 e. The zero-order valence-corrected chi connectivity index (χ0v) is 15.5. The molecule has 2 aromatic carbocycles. The van der Waals surface area contributed by atoms with Crippen molar-refractivity contribution in [2.45, 2.75) is 38.5 Å². The average molecular weight is 358 g/mol. The Labute approximate surface area is 148 Å². The van der Waals surface area contributed by atoms with E-state index in [1.54, 1.807) is 29.2 Å². The maximum atomic E-state index is 12.7. The molecule has 6 heteroatoms. The van der Waals surface area contributed by atoms with Gasteiger partial charge in [-0.1, -0.05) is 6.07 Å². The minimum absolute atomic E-state index is 0.0898. The third kappa shape index (κ3) is 3.54. The molecule has 1 heterocycles. The van der Waals surface area contributed by atoms with Crippen molar-refractivity contribution >= 4 is 27.3 Å². The van der Waals surface area contributed by atoms with E-state index < -0.39 is 10.0 Å². The van der Waals surface area contributed by atoms with Gasteiger partial charge in [-0.25, -0.2) is 8.42 Å². The SMILES string of the molecule is Cc1ccc(NS(=O)(=O)c2ccc(N3CCCC3=O)c(C)c2)cc1C. The van der Waals surface area contributed by atoms with Crippen LogP contribution in [-0.2, 0) is 14.8 Å². The van der Waals surface area contributed by atoms with Gasteiger partial charge in [-0.3, -0.25) is 9.52 Å². The Bertz CT molecular complexity index is 936. The molecule has 1 aliphatic rings. The second kappa shape index (κ2) is 6.52. The predicted octanol–water partition coefficient (Wildman–Crippen LogP) is 3.54. The zero-order valence-electron chi connectivity index (χ0n) is 14.7. The van der Waals surface area contributed by atoms with E-state index in [-0.39, 0.29) is 10.8 Å². The monoisotopic (exact) mass is 358 g/mol. The molecular formula is C19H22N2O3S. The lowest BCUT2D eigenvalue weighted by molar-refractivity contribution is -0.117. The maximum absolute atomic E-state index is 12.7. The summed E-state index contributed by atoms with van der Waals surface area (Å²) in [6, 6.07) is 10.3. The van der Waals surface area contributed by atoms with Gasteiger partial charge >= 0.3 is 0 Å². The van der Waals surface area contributed by atoms with Crippen LogP contribution in [0.25, 0.3) is 0 Å². The molecule has 25 heavy (non-hydrogen) atoms. The number of carbonyl (C=O) groups is 1. The molecule has 0 unspecified atom stereocenters. The van der Waals surface area contributed by atoms with Crippen molar-refractivity contribution in [3.05, 3.63) is 53.1 Å². The van der Waals surface area contributed by atoms with E-state index in [2.05, 4.69) is 4.72 Å². The number of amides is 1. The van der Waals surface area contributed by atoms with Crippen molar-refractivity contribution in [2.24, 2.45) is 0 Å². The maximum Gasteiger partial charge on any atom is 0.261 e. The minimum atomic E-state index is -3.67. The Morgan fingerprint density at radius 2 is 1.72 bits per heavy atom. The lowest BCUT2D eigenvalue weighted by Crippen LogP contribution is -2.24. The van der Waals surface area contributed by atoms with E-state index in [0.29, 0.717) is 18.7 Å². The van der Waals surface area contributed by atoms with Crippen LogP contribution in [0.2, 0.25) is 0 Å². The number of hydrogen-bond donors (Lipinski definition) is 1. The smallest absolute Gasteiger partial charge is 0.261 e. The highest BCUT2D eigenvalue weighted by atomic mass is 32.2. The highest BCUT2D eigenvalue weighted by molar-refractivity contribution is 7.92. The topological polar surface area (TPSA) is 66.5 Å². The summed E-state index contributed by atoms with van der Waals surface area (Å²) in [5.74, 6) is 0.0898. The van der Waals surface area contributed by atoms with E-state index in [1.165, 1.54) is 0 Å². The fourth-order valence-electron chi connectivity index (χ4n) is 3.02. The molecule has 0 aromatic heterocycles.